The second-order valence-electron chi connectivity index (χ2n) is 7.12. The van der Waals surface area contributed by atoms with Gasteiger partial charge in [0.1, 0.15) is 12.4 Å². The minimum Gasteiger partial charge on any atom is -0.357 e. The van der Waals surface area contributed by atoms with Crippen LogP contribution in [-0.2, 0) is 20.1 Å². The average molecular weight is 389 g/mol. The number of imidazole rings is 1. The van der Waals surface area contributed by atoms with E-state index in [1.807, 2.05) is 25.2 Å². The van der Waals surface area contributed by atoms with Gasteiger partial charge in [0.25, 0.3) is 0 Å². The van der Waals surface area contributed by atoms with Crippen molar-refractivity contribution >= 4 is 27.9 Å². The van der Waals surface area contributed by atoms with Gasteiger partial charge in [-0.05, 0) is 43.0 Å². The highest BCUT2D eigenvalue weighted by Gasteiger charge is 2.07. The van der Waals surface area contributed by atoms with Gasteiger partial charge in [0.05, 0.1) is 11.0 Å². The minimum atomic E-state index is 0.544. The Morgan fingerprint density at radius 2 is 1.79 bits per heavy atom. The third kappa shape index (κ3) is 4.26. The Balaban J connectivity index is 1.35. The zero-order valence-corrected chi connectivity index (χ0v) is 17.1. The smallest absolute Gasteiger partial charge is 0.191 e. The molecule has 29 heavy (non-hydrogen) atoms. The van der Waals surface area contributed by atoms with Gasteiger partial charge in [-0.25, -0.2) is 9.98 Å². The zero-order chi connectivity index (χ0) is 20.1. The third-order valence-electron chi connectivity index (χ3n) is 5.15. The highest BCUT2D eigenvalue weighted by molar-refractivity contribution is 5.80. The van der Waals surface area contributed by atoms with Crippen LogP contribution in [0.3, 0.4) is 0 Å². The molecule has 0 fully saturated rings. The molecular weight excluding hydrogens is 360 g/mol. The molecular formula is C23H28N6. The summed E-state index contributed by atoms with van der Waals surface area (Å²) >= 11 is 0. The predicted molar refractivity (Wildman–Crippen MR) is 120 cm³/mol. The van der Waals surface area contributed by atoms with E-state index in [0.29, 0.717) is 6.54 Å². The predicted octanol–water partition coefficient (Wildman–Crippen LogP) is 3.67. The highest BCUT2D eigenvalue weighted by atomic mass is 15.2. The summed E-state index contributed by atoms with van der Waals surface area (Å²) in [5.74, 6) is 1.79. The maximum Gasteiger partial charge on any atom is 0.191 e. The summed E-state index contributed by atoms with van der Waals surface area (Å²) in [7, 11) is 2.04. The van der Waals surface area contributed by atoms with Crippen LogP contribution in [0.15, 0.2) is 65.8 Å². The summed E-state index contributed by atoms with van der Waals surface area (Å²) in [6, 6.07) is 18.9. The highest BCUT2D eigenvalue weighted by Crippen LogP contribution is 2.16. The van der Waals surface area contributed by atoms with Crippen LogP contribution in [0.5, 0.6) is 0 Å². The first-order chi connectivity index (χ1) is 14.3. The Bertz CT molecular complexity index is 1120. The van der Waals surface area contributed by atoms with Crippen molar-refractivity contribution in [1.82, 2.24) is 24.8 Å². The summed E-state index contributed by atoms with van der Waals surface area (Å²) in [4.78, 5) is 9.43. The monoisotopic (exact) mass is 388 g/mol. The lowest BCUT2D eigenvalue weighted by atomic mass is 10.2. The molecule has 0 spiro atoms. The van der Waals surface area contributed by atoms with Crippen molar-refractivity contribution in [3.05, 3.63) is 66.6 Å². The van der Waals surface area contributed by atoms with E-state index in [1.165, 1.54) is 10.9 Å². The molecule has 6 nitrogen and oxygen atoms in total. The molecule has 0 bridgehead atoms. The fraction of sp³-hybridized carbons (Fsp3) is 0.304. The molecule has 0 saturated carbocycles. The standard InChI is InChI=1S/C23H28N6/c1-3-24-23(26-17-22-27-19-10-5-7-12-21(19)28(22)2)25-14-8-15-29-16-13-18-9-4-6-11-20(18)29/h4-7,9-13,16H,3,8,14-15,17H2,1-2H3,(H2,24,25,26). The molecule has 4 aromatic rings. The number of benzene rings is 2. The van der Waals surface area contributed by atoms with Gasteiger partial charge in [-0.1, -0.05) is 30.3 Å². The van der Waals surface area contributed by atoms with Crippen LogP contribution < -0.4 is 10.6 Å². The maximum absolute atomic E-state index is 4.73. The number of fused-ring (bicyclic) bond motifs is 2. The van der Waals surface area contributed by atoms with E-state index in [-0.39, 0.29) is 0 Å². The average Bonchev–Trinajstić information content (AvgIpc) is 3.30. The van der Waals surface area contributed by atoms with Gasteiger partial charge in [-0.2, -0.15) is 0 Å². The number of para-hydroxylation sites is 3. The Morgan fingerprint density at radius 3 is 2.62 bits per heavy atom. The molecule has 0 amide bonds. The maximum atomic E-state index is 4.73. The van der Waals surface area contributed by atoms with Crippen LogP contribution in [0.4, 0.5) is 0 Å². The van der Waals surface area contributed by atoms with Crippen LogP contribution in [0.2, 0.25) is 0 Å². The SMILES string of the molecule is CCNC(=NCc1nc2ccccc2n1C)NCCCn1ccc2ccccc21. The van der Waals surface area contributed by atoms with Gasteiger partial charge in [0.15, 0.2) is 5.96 Å². The second kappa shape index (κ2) is 8.82. The summed E-state index contributed by atoms with van der Waals surface area (Å²) in [5.41, 5.74) is 3.43. The van der Waals surface area contributed by atoms with E-state index in [9.17, 15) is 0 Å². The van der Waals surface area contributed by atoms with Crippen LogP contribution >= 0.6 is 0 Å². The Hall–Kier alpha value is -3.28. The van der Waals surface area contributed by atoms with Gasteiger partial charge in [0.2, 0.25) is 0 Å². The summed E-state index contributed by atoms with van der Waals surface area (Å²) in [5, 5.41) is 8.06. The molecule has 4 rings (SSSR count). The van der Waals surface area contributed by atoms with Crippen LogP contribution in [0, 0.1) is 0 Å². The van der Waals surface area contributed by atoms with Crippen molar-refractivity contribution in [2.75, 3.05) is 13.1 Å². The van der Waals surface area contributed by atoms with Crippen molar-refractivity contribution < 1.29 is 0 Å². The van der Waals surface area contributed by atoms with Crippen LogP contribution in [-0.4, -0.2) is 33.2 Å². The van der Waals surface area contributed by atoms with E-state index in [1.54, 1.807) is 0 Å². The molecule has 0 aliphatic carbocycles. The molecule has 0 unspecified atom stereocenters. The minimum absolute atomic E-state index is 0.544. The van der Waals surface area contributed by atoms with E-state index >= 15 is 0 Å². The number of hydrogen-bond donors (Lipinski definition) is 2. The van der Waals surface area contributed by atoms with Gasteiger partial charge >= 0.3 is 0 Å². The zero-order valence-electron chi connectivity index (χ0n) is 17.1. The molecule has 0 saturated heterocycles. The molecule has 0 atom stereocenters. The number of aryl methyl sites for hydroxylation is 2. The molecule has 0 aliphatic heterocycles. The fourth-order valence-corrected chi connectivity index (χ4v) is 3.62. The Labute approximate surface area is 171 Å². The van der Waals surface area contributed by atoms with Crippen molar-refractivity contribution in [2.45, 2.75) is 26.4 Å². The first kappa shape index (κ1) is 19.1. The number of rotatable bonds is 7. The van der Waals surface area contributed by atoms with E-state index in [4.69, 9.17) is 9.98 Å². The van der Waals surface area contributed by atoms with Crippen molar-refractivity contribution in [3.63, 3.8) is 0 Å². The van der Waals surface area contributed by atoms with Gasteiger partial charge in [-0.15, -0.1) is 0 Å². The molecule has 2 aromatic carbocycles. The Kier molecular flexibility index (Phi) is 5.79. The Morgan fingerprint density at radius 1 is 1.00 bits per heavy atom. The van der Waals surface area contributed by atoms with Crippen LogP contribution in [0.1, 0.15) is 19.2 Å². The number of guanidine groups is 1. The van der Waals surface area contributed by atoms with Gasteiger partial charge in [-0.3, -0.25) is 0 Å². The molecule has 2 heterocycles. The second-order valence-corrected chi connectivity index (χ2v) is 7.12. The number of nitrogens with zero attached hydrogens (tertiary/aromatic N) is 4. The fourth-order valence-electron chi connectivity index (χ4n) is 3.62. The van der Waals surface area contributed by atoms with Crippen molar-refractivity contribution in [3.8, 4) is 0 Å². The lowest BCUT2D eigenvalue weighted by Gasteiger charge is -2.12. The number of aromatic nitrogens is 3. The third-order valence-corrected chi connectivity index (χ3v) is 5.15. The van der Waals surface area contributed by atoms with Crippen molar-refractivity contribution in [2.24, 2.45) is 12.0 Å². The van der Waals surface area contributed by atoms with Crippen LogP contribution in [0.25, 0.3) is 21.9 Å². The van der Waals surface area contributed by atoms with E-state index in [2.05, 4.69) is 69.3 Å². The lowest BCUT2D eigenvalue weighted by Crippen LogP contribution is -2.38. The molecule has 2 aromatic heterocycles. The largest absolute Gasteiger partial charge is 0.357 e. The molecule has 2 N–H and O–H groups in total. The topological polar surface area (TPSA) is 59.2 Å². The number of aliphatic imine (C=N–C) groups is 1. The first-order valence-electron chi connectivity index (χ1n) is 10.2. The molecule has 0 aliphatic rings. The summed E-state index contributed by atoms with van der Waals surface area (Å²) in [6.45, 7) is 5.29. The first-order valence-corrected chi connectivity index (χ1v) is 10.2. The van der Waals surface area contributed by atoms with E-state index in [0.717, 1.165) is 48.9 Å². The lowest BCUT2D eigenvalue weighted by molar-refractivity contribution is 0.640. The quantitative estimate of drug-likeness (QED) is 0.288. The normalized spacial score (nSPS) is 12.0. The van der Waals surface area contributed by atoms with E-state index < -0.39 is 0 Å². The summed E-state index contributed by atoms with van der Waals surface area (Å²) < 4.78 is 4.42. The molecule has 150 valence electrons. The summed E-state index contributed by atoms with van der Waals surface area (Å²) in [6.07, 6.45) is 3.19. The van der Waals surface area contributed by atoms with Gasteiger partial charge in [0, 0.05) is 38.4 Å². The molecule has 6 heteroatoms. The number of hydrogen-bond acceptors (Lipinski definition) is 2. The molecule has 0 radical (unpaired) electrons. The van der Waals surface area contributed by atoms with Crippen molar-refractivity contribution in [1.29, 1.82) is 0 Å². The number of nitrogens with one attached hydrogen (secondary N) is 2. The van der Waals surface area contributed by atoms with Gasteiger partial charge < -0.3 is 19.8 Å².